The van der Waals surface area contributed by atoms with Crippen molar-refractivity contribution >= 4 is 17.7 Å². The molecule has 0 spiro atoms. The second kappa shape index (κ2) is 5.05. The molecule has 1 aliphatic heterocycles. The van der Waals surface area contributed by atoms with E-state index in [1.165, 1.54) is 6.07 Å². The number of thioether (sulfide) groups is 1. The largest absolute Gasteiger partial charge is 0.352 e. The van der Waals surface area contributed by atoms with Gasteiger partial charge in [0.25, 0.3) is 5.56 Å². The highest BCUT2D eigenvalue weighted by atomic mass is 32.2. The predicted molar refractivity (Wildman–Crippen MR) is 73.6 cm³/mol. The zero-order chi connectivity index (χ0) is 13.2. The quantitative estimate of drug-likeness (QED) is 0.903. The molecule has 6 heteroatoms. The van der Waals surface area contributed by atoms with Crippen molar-refractivity contribution in [2.75, 3.05) is 5.32 Å². The van der Waals surface area contributed by atoms with Crippen molar-refractivity contribution in [2.45, 2.75) is 18.1 Å². The summed E-state index contributed by atoms with van der Waals surface area (Å²) in [6.07, 6.45) is 0. The maximum atomic E-state index is 13.5. The molecule has 0 atom stereocenters. The summed E-state index contributed by atoms with van der Waals surface area (Å²) in [7, 11) is 0. The van der Waals surface area contributed by atoms with Gasteiger partial charge in [-0.15, -0.1) is 0 Å². The topological polar surface area (TPSA) is 57.8 Å². The van der Waals surface area contributed by atoms with Gasteiger partial charge in [-0.25, -0.2) is 9.37 Å². The summed E-state index contributed by atoms with van der Waals surface area (Å²) >= 11 is 1.67. The third kappa shape index (κ3) is 2.49. The molecule has 0 aliphatic carbocycles. The fraction of sp³-hybridized carbons (Fsp3) is 0.231. The number of hydrogen-bond donors (Lipinski definition) is 2. The number of benzene rings is 1. The van der Waals surface area contributed by atoms with Crippen molar-refractivity contribution in [1.82, 2.24) is 9.97 Å². The molecule has 1 aliphatic rings. The van der Waals surface area contributed by atoms with Crippen LogP contribution >= 0.6 is 11.8 Å². The van der Waals surface area contributed by atoms with E-state index in [-0.39, 0.29) is 11.4 Å². The second-order valence-electron chi connectivity index (χ2n) is 4.28. The first-order valence-corrected chi connectivity index (χ1v) is 7.06. The molecule has 98 valence electrons. The molecule has 0 unspecified atom stereocenters. The summed E-state index contributed by atoms with van der Waals surface area (Å²) in [6, 6.07) is 6.53. The van der Waals surface area contributed by atoms with Gasteiger partial charge in [0, 0.05) is 29.2 Å². The van der Waals surface area contributed by atoms with E-state index in [2.05, 4.69) is 15.3 Å². The molecule has 0 fully saturated rings. The van der Waals surface area contributed by atoms with Gasteiger partial charge in [-0.05, 0) is 6.07 Å². The standard InChI is InChI=1S/C13H12FN3OS/c14-10-4-2-1-3-8(10)5-15-13-16-11-7-19-6-9(11)12(18)17-13/h1-4H,5-7H2,(H2,15,16,17,18). The minimum Gasteiger partial charge on any atom is -0.352 e. The Labute approximate surface area is 113 Å². The molecule has 3 rings (SSSR count). The Kier molecular flexibility index (Phi) is 3.25. The van der Waals surface area contributed by atoms with Crippen molar-refractivity contribution in [1.29, 1.82) is 0 Å². The molecule has 0 saturated heterocycles. The summed E-state index contributed by atoms with van der Waals surface area (Å²) in [5.41, 5.74) is 2.01. The number of nitrogens with one attached hydrogen (secondary N) is 2. The molecule has 0 bridgehead atoms. The summed E-state index contributed by atoms with van der Waals surface area (Å²) in [5.74, 6) is 1.60. The van der Waals surface area contributed by atoms with Crippen LogP contribution in [0.2, 0.25) is 0 Å². The van der Waals surface area contributed by atoms with Crippen LogP contribution in [0.5, 0.6) is 0 Å². The lowest BCUT2D eigenvalue weighted by Crippen LogP contribution is -2.17. The summed E-state index contributed by atoms with van der Waals surface area (Å²) in [5, 5.41) is 2.96. The number of anilines is 1. The Morgan fingerprint density at radius 2 is 2.21 bits per heavy atom. The predicted octanol–water partition coefficient (Wildman–Crippen LogP) is 2.27. The van der Waals surface area contributed by atoms with Crippen LogP contribution in [0.3, 0.4) is 0 Å². The lowest BCUT2D eigenvalue weighted by Gasteiger charge is -2.07. The normalized spacial score (nSPS) is 13.3. The van der Waals surface area contributed by atoms with Gasteiger partial charge in [0.05, 0.1) is 5.69 Å². The third-order valence-corrected chi connectivity index (χ3v) is 3.96. The van der Waals surface area contributed by atoms with Gasteiger partial charge >= 0.3 is 0 Å². The average molecular weight is 277 g/mol. The van der Waals surface area contributed by atoms with E-state index in [0.29, 0.717) is 23.8 Å². The zero-order valence-electron chi connectivity index (χ0n) is 10.1. The number of nitrogens with zero attached hydrogens (tertiary/aromatic N) is 1. The Hall–Kier alpha value is -1.82. The molecule has 2 N–H and O–H groups in total. The minimum absolute atomic E-state index is 0.106. The van der Waals surface area contributed by atoms with Gasteiger partial charge < -0.3 is 5.32 Å². The Morgan fingerprint density at radius 1 is 1.37 bits per heavy atom. The van der Waals surface area contributed by atoms with Crippen LogP contribution in [0, 0.1) is 5.82 Å². The van der Waals surface area contributed by atoms with Crippen molar-refractivity contribution in [2.24, 2.45) is 0 Å². The van der Waals surface area contributed by atoms with Crippen LogP contribution in [-0.2, 0) is 18.1 Å². The Morgan fingerprint density at radius 3 is 3.05 bits per heavy atom. The van der Waals surface area contributed by atoms with Crippen LogP contribution < -0.4 is 10.9 Å². The second-order valence-corrected chi connectivity index (χ2v) is 5.26. The molecule has 0 radical (unpaired) electrons. The number of aromatic nitrogens is 2. The van der Waals surface area contributed by atoms with Crippen LogP contribution in [-0.4, -0.2) is 9.97 Å². The van der Waals surface area contributed by atoms with Crippen molar-refractivity contribution in [3.05, 3.63) is 57.3 Å². The van der Waals surface area contributed by atoms with Crippen LogP contribution in [0.15, 0.2) is 29.1 Å². The molecule has 19 heavy (non-hydrogen) atoms. The number of rotatable bonds is 3. The van der Waals surface area contributed by atoms with E-state index >= 15 is 0 Å². The fourth-order valence-corrected chi connectivity index (χ4v) is 3.00. The molecule has 4 nitrogen and oxygen atoms in total. The lowest BCUT2D eigenvalue weighted by molar-refractivity contribution is 0.612. The van der Waals surface area contributed by atoms with Crippen molar-refractivity contribution < 1.29 is 4.39 Å². The van der Waals surface area contributed by atoms with Gasteiger partial charge in [0.1, 0.15) is 5.82 Å². The van der Waals surface area contributed by atoms with Gasteiger partial charge in [0.15, 0.2) is 0 Å². The highest BCUT2D eigenvalue weighted by molar-refractivity contribution is 7.98. The van der Waals surface area contributed by atoms with E-state index in [1.54, 1.807) is 30.0 Å². The number of aromatic amines is 1. The van der Waals surface area contributed by atoms with Crippen LogP contribution in [0.4, 0.5) is 10.3 Å². The van der Waals surface area contributed by atoms with E-state index in [1.807, 2.05) is 0 Å². The first-order valence-electron chi connectivity index (χ1n) is 5.91. The van der Waals surface area contributed by atoms with Gasteiger partial charge in [-0.1, -0.05) is 18.2 Å². The van der Waals surface area contributed by atoms with E-state index in [9.17, 15) is 9.18 Å². The van der Waals surface area contributed by atoms with Crippen LogP contribution in [0.25, 0.3) is 0 Å². The average Bonchev–Trinajstić information content (AvgIpc) is 2.87. The minimum atomic E-state index is -0.269. The SMILES string of the molecule is O=c1[nH]c(NCc2ccccc2F)nc2c1CSC2. The molecular weight excluding hydrogens is 265 g/mol. The molecule has 1 aromatic heterocycles. The monoisotopic (exact) mass is 277 g/mol. The number of fused-ring (bicyclic) bond motifs is 1. The fourth-order valence-electron chi connectivity index (χ4n) is 1.97. The number of halogens is 1. The molecule has 0 amide bonds. The molecule has 0 saturated carbocycles. The van der Waals surface area contributed by atoms with Gasteiger partial charge in [-0.3, -0.25) is 9.78 Å². The van der Waals surface area contributed by atoms with Crippen molar-refractivity contribution in [3.63, 3.8) is 0 Å². The smallest absolute Gasteiger partial charge is 0.256 e. The van der Waals surface area contributed by atoms with E-state index in [4.69, 9.17) is 0 Å². The first kappa shape index (κ1) is 12.2. The molecule has 1 aromatic carbocycles. The third-order valence-electron chi connectivity index (χ3n) is 2.99. The van der Waals surface area contributed by atoms with Crippen LogP contribution in [0.1, 0.15) is 16.8 Å². The molecule has 2 heterocycles. The van der Waals surface area contributed by atoms with Gasteiger partial charge in [0.2, 0.25) is 5.95 Å². The summed E-state index contributed by atoms with van der Waals surface area (Å²) < 4.78 is 13.5. The number of hydrogen-bond acceptors (Lipinski definition) is 4. The van der Waals surface area contributed by atoms with Gasteiger partial charge in [-0.2, -0.15) is 11.8 Å². The van der Waals surface area contributed by atoms with E-state index < -0.39 is 0 Å². The summed E-state index contributed by atoms with van der Waals surface area (Å²) in [4.78, 5) is 18.8. The van der Waals surface area contributed by atoms with Crippen molar-refractivity contribution in [3.8, 4) is 0 Å². The lowest BCUT2D eigenvalue weighted by atomic mass is 10.2. The maximum absolute atomic E-state index is 13.5. The first-order chi connectivity index (χ1) is 9.24. The number of H-pyrrole nitrogens is 1. The Balaban J connectivity index is 1.80. The summed E-state index contributed by atoms with van der Waals surface area (Å²) in [6.45, 7) is 0.293. The highest BCUT2D eigenvalue weighted by Gasteiger charge is 2.17. The Bertz CT molecular complexity index is 671. The molecular formula is C13H12FN3OS. The zero-order valence-corrected chi connectivity index (χ0v) is 10.9. The van der Waals surface area contributed by atoms with E-state index in [0.717, 1.165) is 17.0 Å². The maximum Gasteiger partial charge on any atom is 0.256 e. The highest BCUT2D eigenvalue weighted by Crippen LogP contribution is 2.25. The molecule has 2 aromatic rings.